The van der Waals surface area contributed by atoms with Gasteiger partial charge >= 0.3 is 16.3 Å². The van der Waals surface area contributed by atoms with Crippen LogP contribution in [0.1, 0.15) is 72.1 Å². The van der Waals surface area contributed by atoms with Gasteiger partial charge in [0.1, 0.15) is 23.2 Å². The van der Waals surface area contributed by atoms with E-state index in [9.17, 15) is 27.6 Å². The molecule has 1 aliphatic carbocycles. The Morgan fingerprint density at radius 3 is 2.60 bits per heavy atom. The molecule has 4 rings (SSSR count). The predicted molar refractivity (Wildman–Crippen MR) is 161 cm³/mol. The molecule has 4 amide bonds. The van der Waals surface area contributed by atoms with E-state index in [2.05, 4.69) is 15.4 Å². The summed E-state index contributed by atoms with van der Waals surface area (Å²) in [6, 6.07) is 4.27. The Bertz CT molecular complexity index is 1380. The van der Waals surface area contributed by atoms with Gasteiger partial charge in [0.25, 0.3) is 5.91 Å². The van der Waals surface area contributed by atoms with Crippen molar-refractivity contribution in [3.8, 4) is 0 Å². The summed E-state index contributed by atoms with van der Waals surface area (Å²) in [6.45, 7) is 5.50. The molecular formula is C29H40ClN5O7S. The second-order valence-electron chi connectivity index (χ2n) is 12.3. The van der Waals surface area contributed by atoms with Crippen LogP contribution in [-0.4, -0.2) is 66.9 Å². The third kappa shape index (κ3) is 8.62. The van der Waals surface area contributed by atoms with Gasteiger partial charge in [-0.3, -0.25) is 19.1 Å². The molecule has 14 heteroatoms. The third-order valence-corrected chi connectivity index (χ3v) is 8.82. The SMILES string of the molecule is CC(C)(C)OC(=O)N[C@H]1CCCCC/C=C\[C@@H]2C[C@@]2(C(=O)NS(=O)(=O)Nc2cccc(Cl)c2)NC(=O)[C@@H]2CCCN2C1=O. The zero-order chi connectivity index (χ0) is 31.4. The molecule has 43 heavy (non-hydrogen) atoms. The van der Waals surface area contributed by atoms with Crippen LogP contribution in [0.4, 0.5) is 10.5 Å². The molecule has 12 nitrogen and oxygen atoms in total. The molecule has 3 aliphatic rings. The van der Waals surface area contributed by atoms with Crippen molar-refractivity contribution < 1.29 is 32.3 Å². The van der Waals surface area contributed by atoms with Crippen molar-refractivity contribution in [3.63, 3.8) is 0 Å². The van der Waals surface area contributed by atoms with Gasteiger partial charge < -0.3 is 20.3 Å². The first-order valence-electron chi connectivity index (χ1n) is 14.6. The maximum Gasteiger partial charge on any atom is 0.408 e. The highest BCUT2D eigenvalue weighted by Crippen LogP contribution is 2.45. The lowest BCUT2D eigenvalue weighted by Crippen LogP contribution is -2.58. The zero-order valence-electron chi connectivity index (χ0n) is 24.7. The maximum atomic E-state index is 13.7. The molecule has 0 aromatic heterocycles. The van der Waals surface area contributed by atoms with E-state index in [0.29, 0.717) is 43.7 Å². The Labute approximate surface area is 257 Å². The van der Waals surface area contributed by atoms with Crippen molar-refractivity contribution in [1.82, 2.24) is 20.3 Å². The van der Waals surface area contributed by atoms with Gasteiger partial charge in [0.05, 0.1) is 5.69 Å². The summed E-state index contributed by atoms with van der Waals surface area (Å²) >= 11 is 5.95. The number of carbonyl (C=O) groups excluding carboxylic acids is 4. The zero-order valence-corrected chi connectivity index (χ0v) is 26.2. The molecule has 2 fully saturated rings. The number of hydrogen-bond donors (Lipinski definition) is 4. The van der Waals surface area contributed by atoms with Gasteiger partial charge in [0.15, 0.2) is 0 Å². The summed E-state index contributed by atoms with van der Waals surface area (Å²) in [6.07, 6.45) is 7.55. The Kier molecular flexibility index (Phi) is 9.95. The number of amides is 4. The van der Waals surface area contributed by atoms with Crippen LogP contribution >= 0.6 is 11.6 Å². The minimum atomic E-state index is -4.35. The molecule has 1 saturated carbocycles. The number of nitrogens with zero attached hydrogens (tertiary/aromatic N) is 1. The van der Waals surface area contributed by atoms with Gasteiger partial charge in [0, 0.05) is 17.5 Å². The van der Waals surface area contributed by atoms with Crippen LogP contribution in [0.5, 0.6) is 0 Å². The summed E-state index contributed by atoms with van der Waals surface area (Å²) in [4.78, 5) is 54.8. The van der Waals surface area contributed by atoms with Crippen molar-refractivity contribution >= 4 is 51.3 Å². The number of rotatable bonds is 5. The van der Waals surface area contributed by atoms with E-state index in [1.54, 1.807) is 32.9 Å². The first-order chi connectivity index (χ1) is 20.2. The number of anilines is 1. The van der Waals surface area contributed by atoms with E-state index in [0.717, 1.165) is 12.8 Å². The molecule has 0 spiro atoms. The molecule has 1 aromatic carbocycles. The number of nitrogens with one attached hydrogen (secondary N) is 4. The Balaban J connectivity index is 1.53. The smallest absolute Gasteiger partial charge is 0.408 e. The number of allylic oxidation sites excluding steroid dienone is 1. The maximum absolute atomic E-state index is 13.7. The van der Waals surface area contributed by atoms with Gasteiger partial charge in [-0.25, -0.2) is 9.52 Å². The van der Waals surface area contributed by atoms with Crippen molar-refractivity contribution in [2.45, 2.75) is 95.4 Å². The summed E-state index contributed by atoms with van der Waals surface area (Å²) in [7, 11) is -4.35. The standard InChI is InChI=1S/C29H40ClN5O7S/c1-28(2,3)42-27(39)31-22-14-8-6-4-5-7-11-19-18-29(19,32-24(36)23-15-10-16-35(23)25(22)37)26(38)34-43(40,41)33-21-13-9-12-20(30)17-21/h7,9,11-13,17,19,22-23,33H,4-6,8,10,14-16,18H2,1-3H3,(H,31,39)(H,32,36)(H,34,38)/b11-7-/t19-,22+,23+,29-/m1/s1. The Morgan fingerprint density at radius 2 is 1.88 bits per heavy atom. The number of alkyl carbamates (subject to hydrolysis) is 1. The first kappa shape index (κ1) is 32.6. The van der Waals surface area contributed by atoms with Crippen molar-refractivity contribution in [3.05, 3.63) is 41.4 Å². The van der Waals surface area contributed by atoms with E-state index in [1.165, 1.54) is 17.0 Å². The quantitative estimate of drug-likeness (QED) is 0.360. The minimum Gasteiger partial charge on any atom is -0.444 e. The fourth-order valence-electron chi connectivity index (χ4n) is 5.49. The molecule has 0 bridgehead atoms. The van der Waals surface area contributed by atoms with E-state index in [-0.39, 0.29) is 12.1 Å². The highest BCUT2D eigenvalue weighted by atomic mass is 35.5. The lowest BCUT2D eigenvalue weighted by atomic mass is 10.0. The fourth-order valence-corrected chi connectivity index (χ4v) is 6.59. The van der Waals surface area contributed by atoms with E-state index in [4.69, 9.17) is 16.3 Å². The summed E-state index contributed by atoms with van der Waals surface area (Å²) in [5, 5.41) is 5.79. The molecule has 2 aliphatic heterocycles. The van der Waals surface area contributed by atoms with Gasteiger partial charge in [-0.15, -0.1) is 0 Å². The van der Waals surface area contributed by atoms with Crippen LogP contribution < -0.4 is 20.1 Å². The van der Waals surface area contributed by atoms with E-state index >= 15 is 0 Å². The number of hydrogen-bond acceptors (Lipinski definition) is 7. The molecule has 0 radical (unpaired) electrons. The molecular weight excluding hydrogens is 598 g/mol. The first-order valence-corrected chi connectivity index (χ1v) is 16.4. The monoisotopic (exact) mass is 637 g/mol. The molecule has 1 saturated heterocycles. The lowest BCUT2D eigenvalue weighted by molar-refractivity contribution is -0.141. The van der Waals surface area contributed by atoms with E-state index < -0.39 is 63.2 Å². The van der Waals surface area contributed by atoms with Crippen molar-refractivity contribution in [2.24, 2.45) is 5.92 Å². The van der Waals surface area contributed by atoms with Crippen LogP contribution in [0.25, 0.3) is 0 Å². The molecule has 1 aromatic rings. The number of halogens is 1. The Hall–Kier alpha value is -3.32. The van der Waals surface area contributed by atoms with Gasteiger partial charge in [-0.05, 0) is 77.5 Å². The number of carbonyl (C=O) groups is 4. The fraction of sp³-hybridized carbons (Fsp3) is 0.586. The average molecular weight is 638 g/mol. The topological polar surface area (TPSA) is 163 Å². The molecule has 4 N–H and O–H groups in total. The van der Waals surface area contributed by atoms with Crippen LogP contribution in [0.3, 0.4) is 0 Å². The number of ether oxygens (including phenoxy) is 1. The van der Waals surface area contributed by atoms with Gasteiger partial charge in [-0.2, -0.15) is 8.42 Å². The second-order valence-corrected chi connectivity index (χ2v) is 14.1. The van der Waals surface area contributed by atoms with E-state index in [1.807, 2.05) is 16.9 Å². The van der Waals surface area contributed by atoms with Gasteiger partial charge in [0.2, 0.25) is 11.8 Å². The van der Waals surface area contributed by atoms with Crippen LogP contribution in [0.2, 0.25) is 5.02 Å². The number of fused-ring (bicyclic) bond motifs is 2. The second kappa shape index (κ2) is 13.1. The highest BCUT2D eigenvalue weighted by molar-refractivity contribution is 7.91. The van der Waals surface area contributed by atoms with Crippen molar-refractivity contribution in [2.75, 3.05) is 11.3 Å². The Morgan fingerprint density at radius 1 is 1.12 bits per heavy atom. The molecule has 0 unspecified atom stereocenters. The third-order valence-electron chi connectivity index (χ3n) is 7.63. The van der Waals surface area contributed by atoms with Crippen LogP contribution in [0.15, 0.2) is 36.4 Å². The predicted octanol–water partition coefficient (Wildman–Crippen LogP) is 3.39. The normalized spacial score (nSPS) is 27.3. The van der Waals surface area contributed by atoms with Crippen LogP contribution in [0, 0.1) is 5.92 Å². The average Bonchev–Trinajstić information content (AvgIpc) is 3.35. The minimum absolute atomic E-state index is 0.165. The molecule has 4 atom stereocenters. The largest absolute Gasteiger partial charge is 0.444 e. The summed E-state index contributed by atoms with van der Waals surface area (Å²) in [5.41, 5.74) is -2.08. The lowest BCUT2D eigenvalue weighted by Gasteiger charge is -2.30. The van der Waals surface area contributed by atoms with Crippen molar-refractivity contribution in [1.29, 1.82) is 0 Å². The van der Waals surface area contributed by atoms with Gasteiger partial charge in [-0.1, -0.05) is 42.7 Å². The highest BCUT2D eigenvalue weighted by Gasteiger charge is 2.61. The summed E-state index contributed by atoms with van der Waals surface area (Å²) < 4.78 is 35.3. The molecule has 236 valence electrons. The molecule has 2 heterocycles. The summed E-state index contributed by atoms with van der Waals surface area (Å²) in [5.74, 6) is -2.25. The number of benzene rings is 1. The van der Waals surface area contributed by atoms with Crippen LogP contribution in [-0.2, 0) is 29.3 Å².